The van der Waals surface area contributed by atoms with E-state index in [0.717, 1.165) is 30.6 Å². The highest BCUT2D eigenvalue weighted by Gasteiger charge is 2.54. The molecule has 0 aromatic rings. The van der Waals surface area contributed by atoms with Crippen molar-refractivity contribution in [1.82, 2.24) is 5.32 Å². The summed E-state index contributed by atoms with van der Waals surface area (Å²) in [5.74, 6) is 2.05. The van der Waals surface area contributed by atoms with Crippen molar-refractivity contribution >= 4 is 18.0 Å². The average Bonchev–Trinajstić information content (AvgIpc) is 2.70. The average molecular weight is 255 g/mol. The molecule has 3 aliphatic rings. The Morgan fingerprint density at radius 3 is 2.06 bits per heavy atom. The van der Waals surface area contributed by atoms with Crippen molar-refractivity contribution in [3.63, 3.8) is 0 Å². The number of nitrogens with one attached hydrogen (secondary N) is 1. The lowest BCUT2D eigenvalue weighted by molar-refractivity contribution is -0.124. The third-order valence-electron chi connectivity index (χ3n) is 3.96. The Balaban J connectivity index is 0.000000149. The molecule has 2 saturated carbocycles. The van der Waals surface area contributed by atoms with Crippen LogP contribution in [0.25, 0.3) is 0 Å². The molecule has 2 unspecified atom stereocenters. The van der Waals surface area contributed by atoms with Gasteiger partial charge in [0.25, 0.3) is 0 Å². The van der Waals surface area contributed by atoms with Gasteiger partial charge in [-0.05, 0) is 30.6 Å². The molecular weight excluding hydrogens is 238 g/mol. The number of imide groups is 1. The summed E-state index contributed by atoms with van der Waals surface area (Å²) >= 11 is 0. The van der Waals surface area contributed by atoms with E-state index in [1.165, 1.54) is 0 Å². The van der Waals surface area contributed by atoms with Crippen molar-refractivity contribution in [1.29, 1.82) is 0 Å². The van der Waals surface area contributed by atoms with E-state index in [-0.39, 0.29) is 17.9 Å². The van der Waals surface area contributed by atoms with Crippen LogP contribution in [0.15, 0.2) is 0 Å². The van der Waals surface area contributed by atoms with Crippen LogP contribution in [0.1, 0.15) is 32.6 Å². The van der Waals surface area contributed by atoms with Crippen molar-refractivity contribution in [2.45, 2.75) is 38.7 Å². The number of rotatable bonds is 1. The van der Waals surface area contributed by atoms with Crippen molar-refractivity contribution in [3.05, 3.63) is 0 Å². The molecule has 1 aliphatic heterocycles. The lowest BCUT2D eigenvalue weighted by Crippen LogP contribution is -2.18. The zero-order chi connectivity index (χ0) is 13.3. The number of ether oxygens (including phenoxy) is 1. The van der Waals surface area contributed by atoms with Crippen LogP contribution in [0.5, 0.6) is 0 Å². The maximum Gasteiger partial charge on any atom is 0.506 e. The highest BCUT2D eigenvalue weighted by molar-refractivity contribution is 6.01. The normalized spacial score (nSPS) is 36.3. The second-order valence-corrected chi connectivity index (χ2v) is 5.14. The molecular formula is C12H17NO5. The number of carbonyl (C=O) groups is 3. The molecule has 0 radical (unpaired) electrons. The van der Waals surface area contributed by atoms with Crippen LogP contribution < -0.4 is 5.32 Å². The van der Waals surface area contributed by atoms with Crippen molar-refractivity contribution in [2.75, 3.05) is 0 Å². The van der Waals surface area contributed by atoms with Crippen LogP contribution in [-0.2, 0) is 14.3 Å². The number of hydrogen-bond acceptors (Lipinski definition) is 4. The molecule has 100 valence electrons. The third kappa shape index (κ3) is 3.00. The molecule has 2 atom stereocenters. The highest BCUT2D eigenvalue weighted by atomic mass is 16.7. The first-order valence-corrected chi connectivity index (χ1v) is 6.19. The van der Waals surface area contributed by atoms with E-state index in [9.17, 15) is 14.4 Å². The Morgan fingerprint density at radius 2 is 1.72 bits per heavy atom. The van der Waals surface area contributed by atoms with Gasteiger partial charge in [0, 0.05) is 12.8 Å². The van der Waals surface area contributed by atoms with E-state index in [2.05, 4.69) is 17.0 Å². The lowest BCUT2D eigenvalue weighted by atomic mass is 10.1. The Hall–Kier alpha value is -1.59. The molecule has 2 amide bonds. The number of hydrogen-bond donors (Lipinski definition) is 2. The summed E-state index contributed by atoms with van der Waals surface area (Å²) in [6.07, 6.45) is 1.54. The fraction of sp³-hybridized carbons (Fsp3) is 0.750. The summed E-state index contributed by atoms with van der Waals surface area (Å²) in [5, 5.41) is 10.5. The van der Waals surface area contributed by atoms with E-state index >= 15 is 0 Å². The molecule has 1 saturated heterocycles. The van der Waals surface area contributed by atoms with E-state index in [1.807, 2.05) is 0 Å². The van der Waals surface area contributed by atoms with Gasteiger partial charge >= 0.3 is 6.16 Å². The van der Waals surface area contributed by atoms with Gasteiger partial charge in [-0.2, -0.15) is 0 Å². The highest BCUT2D eigenvalue weighted by Crippen LogP contribution is 2.57. The standard InChI is InChI=1S/C8H12O3.C4H5NO2/c1-4-6-2-5(3-7(4)6)11-8(9)10;6-3-1-2-4(7)5-3/h4-7H,2-3H2,1H3,(H,9,10);1-2H2,(H,5,6,7). The third-order valence-corrected chi connectivity index (χ3v) is 3.96. The number of fused-ring (bicyclic) bond motifs is 1. The predicted molar refractivity (Wildman–Crippen MR) is 60.7 cm³/mol. The lowest BCUT2D eigenvalue weighted by Gasteiger charge is -2.10. The van der Waals surface area contributed by atoms with E-state index in [1.54, 1.807) is 0 Å². The SMILES string of the molecule is CC1C2CC(OC(=O)O)CC12.O=C1CCC(=O)N1. The zero-order valence-corrected chi connectivity index (χ0v) is 10.2. The molecule has 3 fully saturated rings. The van der Waals surface area contributed by atoms with Gasteiger partial charge in [0.15, 0.2) is 0 Å². The quantitative estimate of drug-likeness (QED) is 0.541. The van der Waals surface area contributed by atoms with Crippen LogP contribution in [0.2, 0.25) is 0 Å². The minimum atomic E-state index is -1.12. The summed E-state index contributed by atoms with van der Waals surface area (Å²) in [4.78, 5) is 30.4. The van der Waals surface area contributed by atoms with E-state index < -0.39 is 6.16 Å². The molecule has 6 nitrogen and oxygen atoms in total. The largest absolute Gasteiger partial charge is 0.506 e. The maximum absolute atomic E-state index is 10.1. The van der Waals surface area contributed by atoms with Gasteiger partial charge in [0.05, 0.1) is 0 Å². The second-order valence-electron chi connectivity index (χ2n) is 5.14. The van der Waals surface area contributed by atoms with Crippen LogP contribution in [-0.4, -0.2) is 29.2 Å². The Kier molecular flexibility index (Phi) is 3.54. The molecule has 0 spiro atoms. The first-order valence-electron chi connectivity index (χ1n) is 6.19. The smallest absolute Gasteiger partial charge is 0.450 e. The molecule has 18 heavy (non-hydrogen) atoms. The van der Waals surface area contributed by atoms with Gasteiger partial charge in [-0.15, -0.1) is 0 Å². The molecule has 1 heterocycles. The minimum absolute atomic E-state index is 0.00120. The number of amides is 2. The van der Waals surface area contributed by atoms with E-state index in [4.69, 9.17) is 5.11 Å². The summed E-state index contributed by atoms with van der Waals surface area (Å²) < 4.78 is 4.68. The van der Waals surface area contributed by atoms with Gasteiger partial charge in [-0.25, -0.2) is 4.79 Å². The Labute approximate surface area is 105 Å². The topological polar surface area (TPSA) is 92.7 Å². The monoisotopic (exact) mass is 255 g/mol. The molecule has 2 aliphatic carbocycles. The maximum atomic E-state index is 10.1. The van der Waals surface area contributed by atoms with E-state index in [0.29, 0.717) is 12.8 Å². The summed E-state index contributed by atoms with van der Waals surface area (Å²) in [6, 6.07) is 0. The van der Waals surface area contributed by atoms with Gasteiger partial charge < -0.3 is 9.84 Å². The van der Waals surface area contributed by atoms with Crippen LogP contribution >= 0.6 is 0 Å². The van der Waals surface area contributed by atoms with Crippen molar-refractivity contribution in [3.8, 4) is 0 Å². The predicted octanol–water partition coefficient (Wildman–Crippen LogP) is 1.15. The molecule has 0 bridgehead atoms. The molecule has 3 rings (SSSR count). The van der Waals surface area contributed by atoms with Gasteiger partial charge in [-0.3, -0.25) is 14.9 Å². The van der Waals surface area contributed by atoms with Crippen LogP contribution in [0.4, 0.5) is 4.79 Å². The molecule has 2 N–H and O–H groups in total. The van der Waals surface area contributed by atoms with Crippen molar-refractivity contribution in [2.24, 2.45) is 17.8 Å². The molecule has 6 heteroatoms. The number of carbonyl (C=O) groups excluding carboxylic acids is 2. The zero-order valence-electron chi connectivity index (χ0n) is 10.2. The molecule has 0 aromatic carbocycles. The first kappa shape index (κ1) is 12.9. The number of carboxylic acid groups (broad SMARTS) is 1. The van der Waals surface area contributed by atoms with Gasteiger partial charge in [-0.1, -0.05) is 6.92 Å². The van der Waals surface area contributed by atoms with Crippen LogP contribution in [0.3, 0.4) is 0 Å². The Bertz CT molecular complexity index is 355. The van der Waals surface area contributed by atoms with Gasteiger partial charge in [0.1, 0.15) is 6.10 Å². The fourth-order valence-corrected chi connectivity index (χ4v) is 2.87. The summed E-state index contributed by atoms with van der Waals surface area (Å²) in [7, 11) is 0. The molecule has 0 aromatic heterocycles. The van der Waals surface area contributed by atoms with Gasteiger partial charge in [0.2, 0.25) is 11.8 Å². The summed E-state index contributed by atoms with van der Waals surface area (Å²) in [5.41, 5.74) is 0. The second kappa shape index (κ2) is 4.96. The summed E-state index contributed by atoms with van der Waals surface area (Å²) in [6.45, 7) is 2.23. The van der Waals surface area contributed by atoms with Crippen molar-refractivity contribution < 1.29 is 24.2 Å². The fourth-order valence-electron chi connectivity index (χ4n) is 2.87. The Morgan fingerprint density at radius 1 is 1.22 bits per heavy atom. The first-order chi connectivity index (χ1) is 8.47. The van der Waals surface area contributed by atoms with Crippen LogP contribution in [0, 0.1) is 17.8 Å². The minimum Gasteiger partial charge on any atom is -0.450 e.